The van der Waals surface area contributed by atoms with Crippen molar-refractivity contribution < 1.29 is 9.53 Å². The molecule has 1 heterocycles. The van der Waals surface area contributed by atoms with Crippen molar-refractivity contribution >= 4 is 11.9 Å². The zero-order chi connectivity index (χ0) is 20.5. The van der Waals surface area contributed by atoms with Crippen molar-refractivity contribution in [2.75, 3.05) is 7.11 Å². The van der Waals surface area contributed by atoms with E-state index in [0.29, 0.717) is 11.9 Å². The number of rotatable bonds is 2. The minimum absolute atomic E-state index is 0.101. The van der Waals surface area contributed by atoms with Crippen LogP contribution in [0.1, 0.15) is 68.1 Å². The standard InChI is InChI=1S/C25H29N3O2/c1-30-20-10-12-24(13-11-20)15-18-7-6-17(5-4-16-2-3-16)14-21(18)25(24)22(29)28(19-8-9-19)23(26)27-25/h6-7,14,16,19-20H,2-3,8-13,15H2,1H3,(H2,26,27). The van der Waals surface area contributed by atoms with Gasteiger partial charge in [0, 0.05) is 30.0 Å². The molecule has 5 nitrogen and oxygen atoms in total. The SMILES string of the molecule is COC1CCC2(CC1)Cc1ccc(C#CC3CC3)cc1C21N=C(N)N(C2CC2)C1=O. The van der Waals surface area contributed by atoms with Crippen molar-refractivity contribution in [2.45, 2.75) is 75.5 Å². The van der Waals surface area contributed by atoms with E-state index in [1.54, 1.807) is 7.11 Å². The van der Waals surface area contributed by atoms with E-state index in [2.05, 4.69) is 30.0 Å². The van der Waals surface area contributed by atoms with Crippen molar-refractivity contribution in [3.8, 4) is 11.8 Å². The Kier molecular flexibility index (Phi) is 3.90. The first kappa shape index (κ1) is 18.4. The maximum absolute atomic E-state index is 14.1. The van der Waals surface area contributed by atoms with Crippen LogP contribution in [0.15, 0.2) is 23.2 Å². The Bertz CT molecular complexity index is 1000. The molecule has 3 fully saturated rings. The summed E-state index contributed by atoms with van der Waals surface area (Å²) in [6, 6.07) is 6.68. The van der Waals surface area contributed by atoms with Crippen LogP contribution in [0.3, 0.4) is 0 Å². The molecule has 30 heavy (non-hydrogen) atoms. The van der Waals surface area contributed by atoms with E-state index in [-0.39, 0.29) is 23.5 Å². The van der Waals surface area contributed by atoms with Gasteiger partial charge in [0.2, 0.25) is 0 Å². The van der Waals surface area contributed by atoms with E-state index in [9.17, 15) is 4.79 Å². The van der Waals surface area contributed by atoms with E-state index >= 15 is 0 Å². The molecular formula is C25H29N3O2. The summed E-state index contributed by atoms with van der Waals surface area (Å²) in [5.41, 5.74) is 8.61. The smallest absolute Gasteiger partial charge is 0.262 e. The number of fused-ring (bicyclic) bond motifs is 3. The van der Waals surface area contributed by atoms with Gasteiger partial charge in [0.15, 0.2) is 11.5 Å². The summed E-state index contributed by atoms with van der Waals surface area (Å²) in [6.07, 6.45) is 9.42. The van der Waals surface area contributed by atoms with Crippen LogP contribution in [0.2, 0.25) is 0 Å². The second-order valence-corrected chi connectivity index (χ2v) is 9.89. The molecule has 0 radical (unpaired) electrons. The van der Waals surface area contributed by atoms with Crippen LogP contribution in [0.4, 0.5) is 0 Å². The minimum Gasteiger partial charge on any atom is -0.381 e. The fraction of sp³-hybridized carbons (Fsp3) is 0.600. The van der Waals surface area contributed by atoms with Crippen molar-refractivity contribution in [3.63, 3.8) is 0 Å². The number of guanidine groups is 1. The maximum atomic E-state index is 14.1. The number of carbonyl (C=O) groups is 1. The summed E-state index contributed by atoms with van der Waals surface area (Å²) in [6.45, 7) is 0. The van der Waals surface area contributed by atoms with Crippen LogP contribution >= 0.6 is 0 Å². The van der Waals surface area contributed by atoms with E-state index < -0.39 is 5.54 Å². The largest absolute Gasteiger partial charge is 0.381 e. The molecule has 3 saturated carbocycles. The van der Waals surface area contributed by atoms with Crippen molar-refractivity contribution in [3.05, 3.63) is 34.9 Å². The van der Waals surface area contributed by atoms with Crippen LogP contribution in [0.5, 0.6) is 0 Å². The van der Waals surface area contributed by atoms with Gasteiger partial charge in [-0.05, 0) is 81.0 Å². The lowest BCUT2D eigenvalue weighted by molar-refractivity contribution is -0.138. The first-order valence-corrected chi connectivity index (χ1v) is 11.4. The van der Waals surface area contributed by atoms with Crippen LogP contribution in [-0.4, -0.2) is 36.0 Å². The number of benzene rings is 1. The van der Waals surface area contributed by atoms with Crippen LogP contribution in [-0.2, 0) is 21.5 Å². The number of aliphatic imine (C=N–C) groups is 1. The Hall–Kier alpha value is -2.32. The van der Waals surface area contributed by atoms with Gasteiger partial charge in [-0.1, -0.05) is 17.9 Å². The van der Waals surface area contributed by atoms with Gasteiger partial charge in [-0.25, -0.2) is 4.99 Å². The fourth-order valence-electron chi connectivity index (χ4n) is 6.01. The summed E-state index contributed by atoms with van der Waals surface area (Å²) in [5.74, 6) is 7.78. The zero-order valence-corrected chi connectivity index (χ0v) is 17.6. The number of carbonyl (C=O) groups excluding carboxylic acids is 1. The highest BCUT2D eigenvalue weighted by atomic mass is 16.5. The third-order valence-electron chi connectivity index (χ3n) is 7.99. The molecule has 1 unspecified atom stereocenters. The average Bonchev–Trinajstić information content (AvgIpc) is 3.67. The number of methoxy groups -OCH3 is 1. The third kappa shape index (κ3) is 2.53. The van der Waals surface area contributed by atoms with Crippen molar-refractivity contribution in [2.24, 2.45) is 22.1 Å². The van der Waals surface area contributed by atoms with Crippen molar-refractivity contribution in [1.82, 2.24) is 4.90 Å². The molecule has 0 saturated heterocycles. The topological polar surface area (TPSA) is 67.9 Å². The van der Waals surface area contributed by atoms with Crippen LogP contribution < -0.4 is 5.73 Å². The molecule has 1 aliphatic heterocycles. The Balaban J connectivity index is 1.47. The second kappa shape index (κ2) is 6.34. The number of nitrogens with zero attached hydrogens (tertiary/aromatic N) is 2. The Labute approximate surface area is 178 Å². The molecule has 4 aliphatic carbocycles. The molecule has 5 heteroatoms. The fourth-order valence-corrected chi connectivity index (χ4v) is 6.01. The average molecular weight is 404 g/mol. The van der Waals surface area contributed by atoms with Crippen LogP contribution in [0, 0.1) is 23.2 Å². The summed E-state index contributed by atoms with van der Waals surface area (Å²) in [5, 5.41) is 0. The molecule has 0 aromatic heterocycles. The van der Waals surface area contributed by atoms with Gasteiger partial charge in [-0.15, -0.1) is 0 Å². The predicted molar refractivity (Wildman–Crippen MR) is 115 cm³/mol. The molecule has 6 rings (SSSR count). The van der Waals surface area contributed by atoms with Gasteiger partial charge < -0.3 is 10.5 Å². The van der Waals surface area contributed by atoms with Gasteiger partial charge in [-0.2, -0.15) is 0 Å². The molecule has 2 spiro atoms. The van der Waals surface area contributed by atoms with E-state index in [1.165, 1.54) is 18.4 Å². The highest BCUT2D eigenvalue weighted by Gasteiger charge is 2.67. The lowest BCUT2D eigenvalue weighted by Gasteiger charge is -2.45. The highest BCUT2D eigenvalue weighted by Crippen LogP contribution is 2.62. The first-order valence-electron chi connectivity index (χ1n) is 11.4. The summed E-state index contributed by atoms with van der Waals surface area (Å²) >= 11 is 0. The summed E-state index contributed by atoms with van der Waals surface area (Å²) in [7, 11) is 1.79. The van der Waals surface area contributed by atoms with Crippen LogP contribution in [0.25, 0.3) is 0 Å². The van der Waals surface area contributed by atoms with Gasteiger partial charge in [-0.3, -0.25) is 9.69 Å². The lowest BCUT2D eigenvalue weighted by atomic mass is 9.61. The number of hydrogen-bond donors (Lipinski definition) is 1. The monoisotopic (exact) mass is 403 g/mol. The van der Waals surface area contributed by atoms with Gasteiger partial charge in [0.25, 0.3) is 5.91 Å². The molecule has 1 atom stereocenters. The van der Waals surface area contributed by atoms with Gasteiger partial charge in [0.1, 0.15) is 0 Å². The Morgan fingerprint density at radius 1 is 1.17 bits per heavy atom. The minimum atomic E-state index is -0.884. The predicted octanol–water partition coefficient (Wildman–Crippen LogP) is 3.09. The lowest BCUT2D eigenvalue weighted by Crippen LogP contribution is -2.52. The third-order valence-corrected chi connectivity index (χ3v) is 7.99. The molecule has 0 bridgehead atoms. The van der Waals surface area contributed by atoms with Gasteiger partial charge >= 0.3 is 0 Å². The normalized spacial score (nSPS) is 34.8. The molecular weight excluding hydrogens is 374 g/mol. The highest BCUT2D eigenvalue weighted by molar-refractivity contribution is 6.09. The van der Waals surface area contributed by atoms with E-state index in [4.69, 9.17) is 15.5 Å². The molecule has 156 valence electrons. The number of amides is 1. The molecule has 1 amide bonds. The summed E-state index contributed by atoms with van der Waals surface area (Å²) < 4.78 is 5.64. The maximum Gasteiger partial charge on any atom is 0.262 e. The summed E-state index contributed by atoms with van der Waals surface area (Å²) in [4.78, 5) is 20.9. The van der Waals surface area contributed by atoms with Crippen molar-refractivity contribution in [1.29, 1.82) is 0 Å². The Morgan fingerprint density at radius 2 is 1.93 bits per heavy atom. The van der Waals surface area contributed by atoms with E-state index in [1.807, 2.05) is 4.90 Å². The number of hydrogen-bond acceptors (Lipinski definition) is 4. The van der Waals surface area contributed by atoms with Gasteiger partial charge in [0.05, 0.1) is 6.10 Å². The molecule has 2 N–H and O–H groups in total. The molecule has 5 aliphatic rings. The molecule has 1 aromatic carbocycles. The number of ether oxygens (including phenoxy) is 1. The van der Waals surface area contributed by atoms with E-state index in [0.717, 1.165) is 56.1 Å². The molecule has 1 aromatic rings. The quantitative estimate of drug-likeness (QED) is 0.772. The number of nitrogens with two attached hydrogens (primary N) is 1. The Morgan fingerprint density at radius 3 is 2.60 bits per heavy atom. The first-order chi connectivity index (χ1) is 14.6. The second-order valence-electron chi connectivity index (χ2n) is 9.89. The zero-order valence-electron chi connectivity index (χ0n) is 17.6.